The molecule has 160 valence electrons. The lowest BCUT2D eigenvalue weighted by molar-refractivity contribution is -0.137. The molecular formula is C22H21N3O5S. The fourth-order valence-electron chi connectivity index (χ4n) is 3.50. The zero-order valence-corrected chi connectivity index (χ0v) is 18.1. The molecule has 0 radical (unpaired) electrons. The number of hydrogen-bond acceptors (Lipinski definition) is 8. The Morgan fingerprint density at radius 1 is 1.06 bits per heavy atom. The monoisotopic (exact) mass is 439 g/mol. The van der Waals surface area contributed by atoms with Crippen molar-refractivity contribution in [3.05, 3.63) is 53.6 Å². The van der Waals surface area contributed by atoms with Gasteiger partial charge in [0.05, 0.1) is 32.8 Å². The topological polar surface area (TPSA) is 89.8 Å². The minimum atomic E-state index is -0.553. The number of amidine groups is 2. The highest BCUT2D eigenvalue weighted by Gasteiger charge is 2.42. The van der Waals surface area contributed by atoms with E-state index in [0.29, 0.717) is 40.2 Å². The number of benzene rings is 2. The Kier molecular flexibility index (Phi) is 5.94. The number of thioether (sulfide) groups is 1. The van der Waals surface area contributed by atoms with E-state index in [2.05, 4.69) is 4.99 Å². The van der Waals surface area contributed by atoms with Crippen molar-refractivity contribution < 1.29 is 23.8 Å². The first-order valence-electron chi connectivity index (χ1n) is 9.56. The van der Waals surface area contributed by atoms with E-state index in [4.69, 9.17) is 19.2 Å². The maximum absolute atomic E-state index is 12.9. The molecule has 8 nitrogen and oxygen atoms in total. The number of rotatable bonds is 6. The number of amides is 1. The van der Waals surface area contributed by atoms with E-state index in [0.717, 1.165) is 5.56 Å². The Bertz CT molecular complexity index is 1080. The Hall–Kier alpha value is -3.33. The third-order valence-corrected chi connectivity index (χ3v) is 5.95. The second kappa shape index (κ2) is 8.81. The number of aliphatic imine (C=N–C) groups is 2. The number of esters is 1. The molecule has 4 rings (SSSR count). The predicted octanol–water partition coefficient (Wildman–Crippen LogP) is 2.81. The summed E-state index contributed by atoms with van der Waals surface area (Å²) in [6.45, 7) is 0. The second-order valence-electron chi connectivity index (χ2n) is 6.83. The summed E-state index contributed by atoms with van der Waals surface area (Å²) in [6, 6.07) is 12.7. The maximum Gasteiger partial charge on any atom is 0.316 e. The van der Waals surface area contributed by atoms with Crippen LogP contribution in [0.15, 0.2) is 52.4 Å². The fourth-order valence-corrected chi connectivity index (χ4v) is 4.38. The quantitative estimate of drug-likeness (QED) is 0.640. The van der Waals surface area contributed by atoms with Crippen molar-refractivity contribution in [2.24, 2.45) is 9.98 Å². The molecule has 0 unspecified atom stereocenters. The van der Waals surface area contributed by atoms with Gasteiger partial charge < -0.3 is 14.2 Å². The van der Waals surface area contributed by atoms with Crippen LogP contribution >= 0.6 is 11.8 Å². The molecule has 0 N–H and O–H groups in total. The third kappa shape index (κ3) is 4.00. The van der Waals surface area contributed by atoms with Gasteiger partial charge in [-0.2, -0.15) is 4.99 Å². The first-order valence-corrected chi connectivity index (χ1v) is 10.5. The van der Waals surface area contributed by atoms with Gasteiger partial charge in [-0.25, -0.2) is 4.99 Å². The summed E-state index contributed by atoms with van der Waals surface area (Å²) in [5, 5.41) is 0.510. The van der Waals surface area contributed by atoms with Crippen LogP contribution in [0.2, 0.25) is 0 Å². The zero-order chi connectivity index (χ0) is 22.0. The average molecular weight is 439 g/mol. The molecule has 0 bridgehead atoms. The van der Waals surface area contributed by atoms with E-state index < -0.39 is 6.04 Å². The molecule has 0 aliphatic carbocycles. The first kappa shape index (κ1) is 20.9. The zero-order valence-electron chi connectivity index (χ0n) is 17.3. The second-order valence-corrected chi connectivity index (χ2v) is 7.78. The summed E-state index contributed by atoms with van der Waals surface area (Å²) in [5.41, 5.74) is 2.27. The van der Waals surface area contributed by atoms with E-state index >= 15 is 0 Å². The molecule has 0 saturated carbocycles. The van der Waals surface area contributed by atoms with Gasteiger partial charge in [0.15, 0.2) is 16.7 Å². The lowest BCUT2D eigenvalue weighted by Crippen LogP contribution is -2.45. The first-order chi connectivity index (χ1) is 15.0. The molecule has 31 heavy (non-hydrogen) atoms. The smallest absolute Gasteiger partial charge is 0.316 e. The van der Waals surface area contributed by atoms with Crippen LogP contribution in [-0.2, 0) is 20.7 Å². The molecule has 2 aliphatic rings. The van der Waals surface area contributed by atoms with Gasteiger partial charge in [-0.3, -0.25) is 14.5 Å². The number of ether oxygens (including phenoxy) is 3. The number of fused-ring (bicyclic) bond motifs is 3. The minimum Gasteiger partial charge on any atom is -0.493 e. The number of carbonyl (C=O) groups is 2. The predicted molar refractivity (Wildman–Crippen MR) is 118 cm³/mol. The van der Waals surface area contributed by atoms with Crippen molar-refractivity contribution >= 4 is 40.3 Å². The van der Waals surface area contributed by atoms with Crippen LogP contribution in [-0.4, -0.2) is 60.9 Å². The molecule has 0 aromatic heterocycles. The molecule has 2 aromatic rings. The molecule has 2 heterocycles. The Morgan fingerprint density at radius 3 is 2.45 bits per heavy atom. The van der Waals surface area contributed by atoms with Crippen molar-refractivity contribution in [1.82, 2.24) is 4.90 Å². The molecule has 9 heteroatoms. The molecule has 0 fully saturated rings. The van der Waals surface area contributed by atoms with Gasteiger partial charge in [0, 0.05) is 18.1 Å². The average Bonchev–Trinajstić information content (AvgIpc) is 3.13. The minimum absolute atomic E-state index is 0.0635. The van der Waals surface area contributed by atoms with Crippen LogP contribution in [0.1, 0.15) is 11.1 Å². The Balaban J connectivity index is 1.77. The van der Waals surface area contributed by atoms with Gasteiger partial charge in [-0.15, -0.1) is 0 Å². The van der Waals surface area contributed by atoms with Gasteiger partial charge in [0.2, 0.25) is 0 Å². The van der Waals surface area contributed by atoms with Gasteiger partial charge >= 0.3 is 5.97 Å². The SMILES string of the molecule is COC(=O)CSC1=Nc2cc(OC)c(OC)cc2C2=NC(=O)[C@H](Cc3ccccc3)N12. The molecule has 2 aliphatic heterocycles. The number of hydrogen-bond donors (Lipinski definition) is 0. The molecule has 1 atom stereocenters. The molecule has 2 aromatic carbocycles. The van der Waals surface area contributed by atoms with Crippen LogP contribution in [0.3, 0.4) is 0 Å². The highest BCUT2D eigenvalue weighted by molar-refractivity contribution is 8.14. The summed E-state index contributed by atoms with van der Waals surface area (Å²) < 4.78 is 15.6. The summed E-state index contributed by atoms with van der Waals surface area (Å²) in [4.78, 5) is 35.6. The highest BCUT2D eigenvalue weighted by Crippen LogP contribution is 2.41. The largest absolute Gasteiger partial charge is 0.493 e. The van der Waals surface area contributed by atoms with Crippen LogP contribution in [0, 0.1) is 0 Å². The highest BCUT2D eigenvalue weighted by atomic mass is 32.2. The normalized spacial score (nSPS) is 16.8. The maximum atomic E-state index is 12.9. The summed E-state index contributed by atoms with van der Waals surface area (Å²) in [7, 11) is 4.43. The van der Waals surface area contributed by atoms with Crippen molar-refractivity contribution in [2.45, 2.75) is 12.5 Å². The van der Waals surface area contributed by atoms with Gasteiger partial charge in [0.1, 0.15) is 11.9 Å². The van der Waals surface area contributed by atoms with Gasteiger partial charge in [0.25, 0.3) is 5.91 Å². The van der Waals surface area contributed by atoms with E-state index in [-0.39, 0.29) is 17.6 Å². The number of carbonyl (C=O) groups excluding carboxylic acids is 2. The van der Waals surface area contributed by atoms with E-state index in [1.54, 1.807) is 31.3 Å². The summed E-state index contributed by atoms with van der Waals surface area (Å²) in [6.07, 6.45) is 0.465. The van der Waals surface area contributed by atoms with Crippen molar-refractivity contribution in [1.29, 1.82) is 0 Å². The number of methoxy groups -OCH3 is 3. The van der Waals surface area contributed by atoms with Crippen LogP contribution in [0.25, 0.3) is 0 Å². The standard InChI is InChI=1S/C22H21N3O5S/c1-28-17-10-14-15(11-18(17)29-2)23-22(31-12-19(26)30-3)25-16(21(27)24-20(14)25)9-13-7-5-4-6-8-13/h4-8,10-11,16H,9,12H2,1-3H3/t16-/m0/s1. The third-order valence-electron chi connectivity index (χ3n) is 5.02. The van der Waals surface area contributed by atoms with E-state index in [1.165, 1.54) is 18.9 Å². The van der Waals surface area contributed by atoms with Crippen LogP contribution in [0.5, 0.6) is 11.5 Å². The summed E-state index contributed by atoms with van der Waals surface area (Å²) >= 11 is 1.21. The summed E-state index contributed by atoms with van der Waals surface area (Å²) in [5.74, 6) is 0.949. The van der Waals surface area contributed by atoms with Gasteiger partial charge in [-0.1, -0.05) is 42.1 Å². The lowest BCUT2D eigenvalue weighted by atomic mass is 10.0. The van der Waals surface area contributed by atoms with Crippen molar-refractivity contribution in [3.63, 3.8) is 0 Å². The molecule has 0 saturated heterocycles. The van der Waals surface area contributed by atoms with Crippen LogP contribution < -0.4 is 9.47 Å². The Morgan fingerprint density at radius 2 is 1.77 bits per heavy atom. The Labute approximate surface area is 183 Å². The van der Waals surface area contributed by atoms with E-state index in [9.17, 15) is 9.59 Å². The molecular weight excluding hydrogens is 418 g/mol. The molecule has 1 amide bonds. The van der Waals surface area contributed by atoms with Gasteiger partial charge in [-0.05, 0) is 11.6 Å². The van der Waals surface area contributed by atoms with E-state index in [1.807, 2.05) is 30.3 Å². The fraction of sp³-hybridized carbons (Fsp3) is 0.273. The molecule has 0 spiro atoms. The van der Waals surface area contributed by atoms with Crippen LogP contribution in [0.4, 0.5) is 5.69 Å². The van der Waals surface area contributed by atoms with Crippen molar-refractivity contribution in [3.8, 4) is 11.5 Å². The van der Waals surface area contributed by atoms with Crippen molar-refractivity contribution in [2.75, 3.05) is 27.1 Å². The lowest BCUT2D eigenvalue weighted by Gasteiger charge is -2.31. The number of nitrogens with zero attached hydrogens (tertiary/aromatic N) is 3.